The molecular weight excluding hydrogens is 304 g/mol. The number of aromatic amines is 1. The smallest absolute Gasteiger partial charge is 0.160 e. The zero-order chi connectivity index (χ0) is 16.7. The quantitative estimate of drug-likeness (QED) is 0.751. The Morgan fingerprint density at radius 3 is 2.67 bits per heavy atom. The van der Waals surface area contributed by atoms with E-state index in [0.717, 1.165) is 60.8 Å². The van der Waals surface area contributed by atoms with Gasteiger partial charge in [-0.1, -0.05) is 0 Å². The summed E-state index contributed by atoms with van der Waals surface area (Å²) in [7, 11) is 2.16. The monoisotopic (exact) mass is 326 g/mol. The van der Waals surface area contributed by atoms with E-state index in [1.165, 1.54) is 0 Å². The van der Waals surface area contributed by atoms with Gasteiger partial charge in [0.2, 0.25) is 0 Å². The third-order valence-corrected chi connectivity index (χ3v) is 4.64. The number of hydrogen-bond acceptors (Lipinski definition) is 6. The number of nitrogens with zero attached hydrogens (tertiary/aromatic N) is 6. The predicted octanol–water partition coefficient (Wildman–Crippen LogP) is 1.18. The SMILES string of the molecule is CCn1nc(N2CCN(C)CC2)c2cnc(-c3[nH]ncc3N)cc21. The highest BCUT2D eigenvalue weighted by molar-refractivity contribution is 5.92. The standard InChI is InChI=1S/C16H22N8/c1-3-24-14-8-13(15-12(17)10-19-20-15)18-9-11(14)16(21-24)23-6-4-22(2)5-7-23/h8-10H,3-7,17H2,1-2H3,(H,19,20). The van der Waals surface area contributed by atoms with Gasteiger partial charge in [-0.2, -0.15) is 10.2 Å². The van der Waals surface area contributed by atoms with Gasteiger partial charge in [-0.3, -0.25) is 14.8 Å². The largest absolute Gasteiger partial charge is 0.396 e. The van der Waals surface area contributed by atoms with E-state index in [4.69, 9.17) is 10.8 Å². The fourth-order valence-corrected chi connectivity index (χ4v) is 3.18. The third kappa shape index (κ3) is 2.39. The van der Waals surface area contributed by atoms with E-state index in [9.17, 15) is 0 Å². The van der Waals surface area contributed by atoms with E-state index < -0.39 is 0 Å². The first-order valence-corrected chi connectivity index (χ1v) is 8.26. The highest BCUT2D eigenvalue weighted by Gasteiger charge is 2.21. The van der Waals surface area contributed by atoms with Crippen LogP contribution >= 0.6 is 0 Å². The number of nitrogens with one attached hydrogen (secondary N) is 1. The molecule has 0 amide bonds. The van der Waals surface area contributed by atoms with Gasteiger partial charge in [-0.25, -0.2) is 0 Å². The number of likely N-dealkylation sites (N-methyl/N-ethyl adjacent to an activating group) is 1. The fourth-order valence-electron chi connectivity index (χ4n) is 3.18. The van der Waals surface area contributed by atoms with Crippen molar-refractivity contribution in [2.24, 2.45) is 0 Å². The molecule has 0 aliphatic carbocycles. The molecule has 1 aliphatic rings. The predicted molar refractivity (Wildman–Crippen MR) is 94.9 cm³/mol. The third-order valence-electron chi connectivity index (χ3n) is 4.64. The minimum absolute atomic E-state index is 0.601. The lowest BCUT2D eigenvalue weighted by Crippen LogP contribution is -2.44. The molecular formula is C16H22N8. The normalized spacial score (nSPS) is 16.2. The van der Waals surface area contributed by atoms with Crippen molar-refractivity contribution in [1.29, 1.82) is 0 Å². The molecule has 0 unspecified atom stereocenters. The Morgan fingerprint density at radius 2 is 2.00 bits per heavy atom. The Labute approximate surface area is 140 Å². The number of aryl methyl sites for hydroxylation is 1. The zero-order valence-corrected chi connectivity index (χ0v) is 14.0. The molecule has 3 aromatic heterocycles. The maximum atomic E-state index is 5.95. The molecule has 4 heterocycles. The molecule has 8 nitrogen and oxygen atoms in total. The molecule has 8 heteroatoms. The average Bonchev–Trinajstić information content (AvgIpc) is 3.18. The number of nitrogen functional groups attached to an aromatic ring is 1. The molecule has 4 rings (SSSR count). The number of pyridine rings is 1. The second-order valence-corrected chi connectivity index (χ2v) is 6.22. The van der Waals surface area contributed by atoms with Crippen LogP contribution in [0.3, 0.4) is 0 Å². The van der Waals surface area contributed by atoms with Crippen molar-refractivity contribution in [2.75, 3.05) is 43.9 Å². The van der Waals surface area contributed by atoms with Gasteiger partial charge in [0.05, 0.1) is 28.5 Å². The van der Waals surface area contributed by atoms with Gasteiger partial charge >= 0.3 is 0 Å². The van der Waals surface area contributed by atoms with Gasteiger partial charge in [0.15, 0.2) is 5.82 Å². The van der Waals surface area contributed by atoms with Crippen molar-refractivity contribution in [3.8, 4) is 11.4 Å². The van der Waals surface area contributed by atoms with Gasteiger partial charge in [-0.05, 0) is 20.0 Å². The summed E-state index contributed by atoms with van der Waals surface area (Å²) in [4.78, 5) is 9.27. The molecule has 24 heavy (non-hydrogen) atoms. The van der Waals surface area contributed by atoms with Gasteiger partial charge in [-0.15, -0.1) is 0 Å². The molecule has 0 spiro atoms. The number of nitrogens with two attached hydrogens (primary N) is 1. The first-order valence-electron chi connectivity index (χ1n) is 8.26. The van der Waals surface area contributed by atoms with Crippen molar-refractivity contribution >= 4 is 22.4 Å². The van der Waals surface area contributed by atoms with Crippen molar-refractivity contribution < 1.29 is 0 Å². The van der Waals surface area contributed by atoms with Crippen molar-refractivity contribution in [3.05, 3.63) is 18.5 Å². The number of fused-ring (bicyclic) bond motifs is 1. The highest BCUT2D eigenvalue weighted by atomic mass is 15.4. The van der Waals surface area contributed by atoms with E-state index in [2.05, 4.69) is 39.0 Å². The first kappa shape index (κ1) is 14.9. The van der Waals surface area contributed by atoms with Crippen LogP contribution in [0, 0.1) is 0 Å². The van der Waals surface area contributed by atoms with E-state index in [-0.39, 0.29) is 0 Å². The molecule has 0 radical (unpaired) electrons. The molecule has 3 N–H and O–H groups in total. The van der Waals surface area contributed by atoms with E-state index in [1.54, 1.807) is 6.20 Å². The van der Waals surface area contributed by atoms with Gasteiger partial charge in [0.25, 0.3) is 0 Å². The maximum absolute atomic E-state index is 5.95. The summed E-state index contributed by atoms with van der Waals surface area (Å²) in [5, 5.41) is 12.8. The Morgan fingerprint density at radius 1 is 1.21 bits per heavy atom. The Bertz CT molecular complexity index is 856. The van der Waals surface area contributed by atoms with Crippen molar-refractivity contribution in [2.45, 2.75) is 13.5 Å². The van der Waals surface area contributed by atoms with Crippen molar-refractivity contribution in [1.82, 2.24) is 29.9 Å². The number of H-pyrrole nitrogens is 1. The summed E-state index contributed by atoms with van der Waals surface area (Å²) in [5.74, 6) is 1.02. The number of anilines is 2. The summed E-state index contributed by atoms with van der Waals surface area (Å²) in [5.41, 5.74) is 9.17. The van der Waals surface area contributed by atoms with Crippen LogP contribution in [-0.2, 0) is 6.54 Å². The van der Waals surface area contributed by atoms with Gasteiger partial charge in [0.1, 0.15) is 5.69 Å². The molecule has 0 bridgehead atoms. The topological polar surface area (TPSA) is 91.9 Å². The lowest BCUT2D eigenvalue weighted by Gasteiger charge is -2.32. The van der Waals surface area contributed by atoms with Crippen LogP contribution in [-0.4, -0.2) is 63.1 Å². The van der Waals surface area contributed by atoms with Gasteiger partial charge < -0.3 is 15.5 Å². The summed E-state index contributed by atoms with van der Waals surface area (Å²) in [6, 6.07) is 2.04. The second-order valence-electron chi connectivity index (χ2n) is 6.22. The molecule has 126 valence electrons. The number of aromatic nitrogens is 5. The molecule has 1 fully saturated rings. The number of piperazine rings is 1. The Hall–Kier alpha value is -2.61. The Kier molecular flexibility index (Phi) is 3.61. The van der Waals surface area contributed by atoms with E-state index >= 15 is 0 Å². The Balaban J connectivity index is 1.79. The van der Waals surface area contributed by atoms with Crippen LogP contribution in [0.2, 0.25) is 0 Å². The summed E-state index contributed by atoms with van der Waals surface area (Å²) in [6.07, 6.45) is 3.51. The minimum atomic E-state index is 0.601. The lowest BCUT2D eigenvalue weighted by atomic mass is 10.2. The van der Waals surface area contributed by atoms with Crippen LogP contribution in [0.1, 0.15) is 6.92 Å². The van der Waals surface area contributed by atoms with Crippen LogP contribution in [0.4, 0.5) is 11.5 Å². The highest BCUT2D eigenvalue weighted by Crippen LogP contribution is 2.30. The summed E-state index contributed by atoms with van der Waals surface area (Å²) in [6.45, 7) is 6.99. The first-order chi connectivity index (χ1) is 11.7. The minimum Gasteiger partial charge on any atom is -0.396 e. The molecule has 0 atom stereocenters. The number of hydrogen-bond donors (Lipinski definition) is 2. The molecule has 0 saturated carbocycles. The molecule has 3 aromatic rings. The fraction of sp³-hybridized carbons (Fsp3) is 0.438. The van der Waals surface area contributed by atoms with Gasteiger partial charge in [0, 0.05) is 38.9 Å². The lowest BCUT2D eigenvalue weighted by molar-refractivity contribution is 0.312. The summed E-state index contributed by atoms with van der Waals surface area (Å²) < 4.78 is 2.03. The molecule has 1 saturated heterocycles. The second kappa shape index (κ2) is 5.79. The van der Waals surface area contributed by atoms with E-state index in [0.29, 0.717) is 5.69 Å². The summed E-state index contributed by atoms with van der Waals surface area (Å²) >= 11 is 0. The van der Waals surface area contributed by atoms with Crippen LogP contribution < -0.4 is 10.6 Å². The zero-order valence-electron chi connectivity index (χ0n) is 14.0. The van der Waals surface area contributed by atoms with Crippen molar-refractivity contribution in [3.63, 3.8) is 0 Å². The maximum Gasteiger partial charge on any atom is 0.160 e. The number of rotatable bonds is 3. The van der Waals surface area contributed by atoms with E-state index in [1.807, 2.05) is 16.9 Å². The molecule has 0 aromatic carbocycles. The average molecular weight is 326 g/mol. The van der Waals surface area contributed by atoms with Crippen LogP contribution in [0.15, 0.2) is 18.5 Å². The van der Waals surface area contributed by atoms with Crippen LogP contribution in [0.5, 0.6) is 0 Å². The van der Waals surface area contributed by atoms with Crippen LogP contribution in [0.25, 0.3) is 22.3 Å². The molecule has 1 aliphatic heterocycles.